The molecule has 0 bridgehead atoms. The van der Waals surface area contributed by atoms with Crippen molar-refractivity contribution in [2.75, 3.05) is 4.90 Å². The lowest BCUT2D eigenvalue weighted by Crippen LogP contribution is -2.38. The van der Waals surface area contributed by atoms with E-state index in [1.165, 1.54) is 4.90 Å². The quantitative estimate of drug-likeness (QED) is 0.672. The van der Waals surface area contributed by atoms with Gasteiger partial charge >= 0.3 is 11.7 Å². The van der Waals surface area contributed by atoms with Crippen LogP contribution in [0.1, 0.15) is 11.4 Å². The summed E-state index contributed by atoms with van der Waals surface area (Å²) in [4.78, 5) is 42.7. The molecule has 3 aromatic rings. The van der Waals surface area contributed by atoms with Gasteiger partial charge in [0.25, 0.3) is 0 Å². The van der Waals surface area contributed by atoms with Crippen LogP contribution < -0.4 is 15.9 Å². The first-order chi connectivity index (χ1) is 13.9. The molecule has 1 N–H and O–H groups in total. The Balaban J connectivity index is 1.49. The Morgan fingerprint density at radius 2 is 1.83 bits per heavy atom. The molecule has 2 heterocycles. The molecule has 29 heavy (non-hydrogen) atoms. The molecule has 0 saturated heterocycles. The zero-order valence-corrected chi connectivity index (χ0v) is 16.5. The van der Waals surface area contributed by atoms with Crippen molar-refractivity contribution in [3.63, 3.8) is 0 Å². The van der Waals surface area contributed by atoms with Crippen LogP contribution in [0.25, 0.3) is 0 Å². The lowest BCUT2D eigenvalue weighted by atomic mass is 10.2. The van der Waals surface area contributed by atoms with Crippen molar-refractivity contribution < 1.29 is 9.59 Å². The van der Waals surface area contributed by atoms with Gasteiger partial charge < -0.3 is 5.32 Å². The molecule has 2 aromatic carbocycles. The summed E-state index contributed by atoms with van der Waals surface area (Å²) in [5.74, 6) is -0.148. The van der Waals surface area contributed by atoms with Crippen LogP contribution in [0, 0.1) is 0 Å². The molecule has 1 aromatic heterocycles. The summed E-state index contributed by atoms with van der Waals surface area (Å²) in [6, 6.07) is 13.4. The third kappa shape index (κ3) is 3.90. The summed E-state index contributed by atoms with van der Waals surface area (Å²) in [6.07, 6.45) is 0. The van der Waals surface area contributed by atoms with Gasteiger partial charge in [-0.1, -0.05) is 35.3 Å². The molecule has 0 aliphatic carbocycles. The molecule has 10 heteroatoms. The molecule has 4 rings (SSSR count). The van der Waals surface area contributed by atoms with Gasteiger partial charge in [0.05, 0.1) is 6.54 Å². The second-order valence-corrected chi connectivity index (χ2v) is 7.30. The predicted molar refractivity (Wildman–Crippen MR) is 108 cm³/mol. The van der Waals surface area contributed by atoms with E-state index in [1.54, 1.807) is 42.5 Å². The fourth-order valence-electron chi connectivity index (χ4n) is 3.08. The minimum Gasteiger partial charge on any atom is -0.350 e. The van der Waals surface area contributed by atoms with E-state index in [9.17, 15) is 14.4 Å². The number of carbonyl (C=O) groups excluding carboxylic acids is 2. The summed E-state index contributed by atoms with van der Waals surface area (Å²) in [6.45, 7) is 0.0550. The monoisotopic (exact) mass is 431 g/mol. The van der Waals surface area contributed by atoms with E-state index < -0.39 is 17.6 Å². The molecule has 148 valence electrons. The van der Waals surface area contributed by atoms with Crippen LogP contribution in [0.4, 0.5) is 10.5 Å². The fraction of sp³-hybridized carbons (Fsp3) is 0.158. The van der Waals surface area contributed by atoms with Gasteiger partial charge in [-0.25, -0.2) is 14.3 Å². The average molecular weight is 432 g/mol. The van der Waals surface area contributed by atoms with E-state index >= 15 is 0 Å². The number of nitrogens with one attached hydrogen (secondary N) is 1. The number of aromatic nitrogens is 3. The highest BCUT2D eigenvalue weighted by Crippen LogP contribution is 2.24. The van der Waals surface area contributed by atoms with Gasteiger partial charge in [0.1, 0.15) is 6.54 Å². The minimum atomic E-state index is -0.651. The van der Waals surface area contributed by atoms with Crippen LogP contribution in [0.2, 0.25) is 10.0 Å². The summed E-state index contributed by atoms with van der Waals surface area (Å²) in [5.41, 5.74) is 0.790. The maximum Gasteiger partial charge on any atom is 0.365 e. The zero-order valence-electron chi connectivity index (χ0n) is 15.0. The molecule has 8 nitrogen and oxygen atoms in total. The number of benzene rings is 2. The summed E-state index contributed by atoms with van der Waals surface area (Å²) in [7, 11) is 0. The van der Waals surface area contributed by atoms with Crippen LogP contribution in [0.15, 0.2) is 53.3 Å². The van der Waals surface area contributed by atoms with Crippen molar-refractivity contribution in [1.29, 1.82) is 0 Å². The third-order valence-electron chi connectivity index (χ3n) is 4.45. The highest BCUT2D eigenvalue weighted by atomic mass is 35.5. The van der Waals surface area contributed by atoms with Crippen molar-refractivity contribution in [2.24, 2.45) is 0 Å². The van der Waals surface area contributed by atoms with Crippen molar-refractivity contribution >= 4 is 40.8 Å². The highest BCUT2D eigenvalue weighted by molar-refractivity contribution is 6.30. The number of carbonyl (C=O) groups is 2. The first-order valence-electron chi connectivity index (χ1n) is 8.69. The van der Waals surface area contributed by atoms with Crippen LogP contribution in [0.3, 0.4) is 0 Å². The SMILES string of the molecule is O=C(Cn1c(=O)nc2n1C(=O)N(c1ccc(Cl)cc1)C2)NCc1cccc(Cl)c1. The van der Waals surface area contributed by atoms with Gasteiger partial charge in [-0.15, -0.1) is 0 Å². The molecule has 0 spiro atoms. The van der Waals surface area contributed by atoms with Crippen molar-refractivity contribution in [2.45, 2.75) is 19.6 Å². The number of hydrogen-bond donors (Lipinski definition) is 1. The molecular formula is C19H15Cl2N5O3. The number of anilines is 1. The van der Waals surface area contributed by atoms with Gasteiger partial charge in [0, 0.05) is 22.3 Å². The van der Waals surface area contributed by atoms with Gasteiger partial charge in [0.15, 0.2) is 5.82 Å². The molecule has 0 atom stereocenters. The number of nitrogens with zero attached hydrogens (tertiary/aromatic N) is 4. The fourth-order valence-corrected chi connectivity index (χ4v) is 3.42. The van der Waals surface area contributed by atoms with Gasteiger partial charge in [-0.2, -0.15) is 9.67 Å². The van der Waals surface area contributed by atoms with Crippen LogP contribution >= 0.6 is 23.2 Å². The van der Waals surface area contributed by atoms with Crippen LogP contribution in [-0.2, 0) is 24.4 Å². The lowest BCUT2D eigenvalue weighted by molar-refractivity contribution is -0.122. The Labute approximate surface area is 175 Å². The molecular weight excluding hydrogens is 417 g/mol. The van der Waals surface area contributed by atoms with Crippen LogP contribution in [-0.4, -0.2) is 26.3 Å². The number of hydrogen-bond acceptors (Lipinski definition) is 4. The normalized spacial score (nSPS) is 12.9. The maximum absolute atomic E-state index is 12.8. The Bertz CT molecular complexity index is 1150. The van der Waals surface area contributed by atoms with E-state index in [-0.39, 0.29) is 25.5 Å². The molecule has 1 aliphatic heterocycles. The van der Waals surface area contributed by atoms with E-state index in [0.717, 1.165) is 14.9 Å². The summed E-state index contributed by atoms with van der Waals surface area (Å²) >= 11 is 11.8. The standard InChI is InChI=1S/C19H15Cl2N5O3/c20-13-4-6-15(7-5-13)24-10-16-23-18(28)25(26(16)19(24)29)11-17(27)22-9-12-2-1-3-14(21)8-12/h1-8H,9-11H2,(H,22,27). The van der Waals surface area contributed by atoms with Crippen molar-refractivity contribution in [1.82, 2.24) is 19.7 Å². The Hall–Kier alpha value is -3.10. The van der Waals surface area contributed by atoms with Gasteiger partial charge in [0.2, 0.25) is 5.91 Å². The Morgan fingerprint density at radius 3 is 2.55 bits per heavy atom. The largest absolute Gasteiger partial charge is 0.365 e. The Kier molecular flexibility index (Phi) is 5.12. The summed E-state index contributed by atoms with van der Waals surface area (Å²) < 4.78 is 2.16. The number of amides is 2. The zero-order chi connectivity index (χ0) is 20.5. The molecule has 0 saturated carbocycles. The van der Waals surface area contributed by atoms with Gasteiger partial charge in [-0.05, 0) is 42.0 Å². The molecule has 0 fully saturated rings. The molecule has 0 unspecified atom stereocenters. The summed E-state index contributed by atoms with van der Waals surface area (Å²) in [5, 5.41) is 3.82. The van der Waals surface area contributed by atoms with E-state index in [1.807, 2.05) is 6.07 Å². The van der Waals surface area contributed by atoms with Gasteiger partial charge in [-0.3, -0.25) is 9.69 Å². The van der Waals surface area contributed by atoms with E-state index in [4.69, 9.17) is 23.2 Å². The third-order valence-corrected chi connectivity index (χ3v) is 4.94. The average Bonchev–Trinajstić information content (AvgIpc) is 3.17. The van der Waals surface area contributed by atoms with Crippen molar-refractivity contribution in [3.8, 4) is 0 Å². The second-order valence-electron chi connectivity index (χ2n) is 6.43. The van der Waals surface area contributed by atoms with Crippen molar-refractivity contribution in [3.05, 3.63) is 80.4 Å². The molecule has 0 radical (unpaired) electrons. The Morgan fingerprint density at radius 1 is 1.07 bits per heavy atom. The smallest absolute Gasteiger partial charge is 0.350 e. The lowest BCUT2D eigenvalue weighted by Gasteiger charge is -2.15. The topological polar surface area (TPSA) is 89.2 Å². The first kappa shape index (κ1) is 19.2. The molecule has 2 amide bonds. The van der Waals surface area contributed by atoms with Crippen LogP contribution in [0.5, 0.6) is 0 Å². The molecule has 1 aliphatic rings. The number of fused-ring (bicyclic) bond motifs is 1. The van der Waals surface area contributed by atoms with E-state index in [0.29, 0.717) is 15.7 Å². The number of rotatable bonds is 5. The first-order valence-corrected chi connectivity index (χ1v) is 9.45. The maximum atomic E-state index is 12.8. The van der Waals surface area contributed by atoms with E-state index in [2.05, 4.69) is 10.3 Å². The highest BCUT2D eigenvalue weighted by Gasteiger charge is 2.33. The minimum absolute atomic E-state index is 0.132. The number of halogens is 2. The second kappa shape index (κ2) is 7.73. The predicted octanol–water partition coefficient (Wildman–Crippen LogP) is 2.66.